The van der Waals surface area contributed by atoms with Crippen molar-refractivity contribution in [1.29, 1.82) is 0 Å². The molecule has 0 aliphatic rings. The molecule has 19 heavy (non-hydrogen) atoms. The summed E-state index contributed by atoms with van der Waals surface area (Å²) in [6.45, 7) is 0. The van der Waals surface area contributed by atoms with E-state index in [0.29, 0.717) is 0 Å². The summed E-state index contributed by atoms with van der Waals surface area (Å²) in [6.07, 6.45) is -1.88. The molecule has 3 N–H and O–H groups in total. The molecule has 10 heteroatoms. The fourth-order valence-corrected chi connectivity index (χ4v) is 1.25. The van der Waals surface area contributed by atoms with Crippen LogP contribution in [0.5, 0.6) is 11.6 Å². The van der Waals surface area contributed by atoms with E-state index in [2.05, 4.69) is 15.1 Å². The van der Waals surface area contributed by atoms with Gasteiger partial charge in [0.05, 0.1) is 12.4 Å². The number of nitrogen functional groups attached to an aromatic ring is 1. The molecule has 0 saturated heterocycles. The van der Waals surface area contributed by atoms with Crippen molar-refractivity contribution >= 4 is 5.82 Å². The Labute approximate surface area is 105 Å². The first-order chi connectivity index (χ1) is 8.88. The van der Waals surface area contributed by atoms with E-state index < -0.39 is 12.0 Å². The predicted molar refractivity (Wildman–Crippen MR) is 58.1 cm³/mol. The summed E-state index contributed by atoms with van der Waals surface area (Å²) in [6, 6.07) is 1.14. The van der Waals surface area contributed by atoms with Crippen molar-refractivity contribution in [3.05, 3.63) is 24.3 Å². The highest BCUT2D eigenvalue weighted by Gasteiger charge is 2.35. The molecule has 102 valence electrons. The molecule has 0 fully saturated rings. The van der Waals surface area contributed by atoms with E-state index in [4.69, 9.17) is 10.6 Å². The summed E-state index contributed by atoms with van der Waals surface area (Å²) in [5.74, 6) is 3.45. The third-order valence-electron chi connectivity index (χ3n) is 2.01. The highest BCUT2D eigenvalue weighted by atomic mass is 19.4. The van der Waals surface area contributed by atoms with E-state index in [1.807, 2.05) is 5.43 Å². The third-order valence-corrected chi connectivity index (χ3v) is 2.01. The summed E-state index contributed by atoms with van der Waals surface area (Å²) in [5.41, 5.74) is 2.02. The molecule has 0 spiro atoms. The smallest absolute Gasteiger partial charge is 0.436 e. The Kier molecular flexibility index (Phi) is 3.25. The molecule has 0 aromatic carbocycles. The molecular weight excluding hydrogens is 265 g/mol. The number of hydrogen-bond acceptors (Lipinski definition) is 6. The molecule has 0 amide bonds. The minimum Gasteiger partial charge on any atom is -0.436 e. The second kappa shape index (κ2) is 4.72. The Hall–Kier alpha value is -2.36. The number of hydrogen-bond donors (Lipinski definition) is 2. The van der Waals surface area contributed by atoms with Crippen LogP contribution in [0.4, 0.5) is 19.0 Å². The average Bonchev–Trinajstić information content (AvgIpc) is 2.73. The lowest BCUT2D eigenvalue weighted by Gasteiger charge is -2.09. The van der Waals surface area contributed by atoms with Gasteiger partial charge in [0.1, 0.15) is 5.82 Å². The SMILES string of the molecule is Cn1cc(Oc2cc(NN)nc(C(F)(F)F)n2)cn1. The quantitative estimate of drug-likeness (QED) is 0.647. The van der Waals surface area contributed by atoms with E-state index in [1.165, 1.54) is 17.1 Å². The average molecular weight is 274 g/mol. The number of alkyl halides is 3. The van der Waals surface area contributed by atoms with E-state index in [1.54, 1.807) is 7.05 Å². The van der Waals surface area contributed by atoms with Crippen molar-refractivity contribution in [2.45, 2.75) is 6.18 Å². The fraction of sp³-hybridized carbons (Fsp3) is 0.222. The summed E-state index contributed by atoms with van der Waals surface area (Å²) in [4.78, 5) is 6.46. The van der Waals surface area contributed by atoms with Crippen LogP contribution in [0.1, 0.15) is 5.82 Å². The van der Waals surface area contributed by atoms with Crippen LogP contribution < -0.4 is 16.0 Å². The number of rotatable bonds is 3. The maximum Gasteiger partial charge on any atom is 0.451 e. The number of halogens is 3. The number of anilines is 1. The van der Waals surface area contributed by atoms with Crippen molar-refractivity contribution in [3.8, 4) is 11.6 Å². The minimum atomic E-state index is -4.69. The number of ether oxygens (including phenoxy) is 1. The Bertz CT molecular complexity index is 582. The van der Waals surface area contributed by atoms with Gasteiger partial charge in [-0.2, -0.15) is 23.3 Å². The molecule has 0 saturated carbocycles. The Morgan fingerprint density at radius 3 is 2.63 bits per heavy atom. The highest BCUT2D eigenvalue weighted by Crippen LogP contribution is 2.30. The summed E-state index contributed by atoms with van der Waals surface area (Å²) in [7, 11) is 1.64. The van der Waals surface area contributed by atoms with Crippen LogP contribution in [-0.4, -0.2) is 19.7 Å². The van der Waals surface area contributed by atoms with Gasteiger partial charge in [0.25, 0.3) is 0 Å². The third kappa shape index (κ3) is 3.10. The molecule has 0 aliphatic heterocycles. The van der Waals surface area contributed by atoms with Crippen LogP contribution in [0.3, 0.4) is 0 Å². The summed E-state index contributed by atoms with van der Waals surface area (Å²) in [5, 5.41) is 3.81. The zero-order valence-corrected chi connectivity index (χ0v) is 9.64. The number of hydrazine groups is 1. The first-order valence-electron chi connectivity index (χ1n) is 4.98. The maximum absolute atomic E-state index is 12.6. The lowest BCUT2D eigenvalue weighted by atomic mass is 10.5. The second-order valence-electron chi connectivity index (χ2n) is 3.51. The van der Waals surface area contributed by atoms with E-state index in [0.717, 1.165) is 6.07 Å². The van der Waals surface area contributed by atoms with Crippen LogP contribution >= 0.6 is 0 Å². The van der Waals surface area contributed by atoms with Gasteiger partial charge in [-0.1, -0.05) is 0 Å². The van der Waals surface area contributed by atoms with Crippen LogP contribution in [0.25, 0.3) is 0 Å². The zero-order valence-electron chi connectivity index (χ0n) is 9.64. The van der Waals surface area contributed by atoms with Crippen molar-refractivity contribution in [1.82, 2.24) is 19.7 Å². The number of nitrogens with two attached hydrogens (primary N) is 1. The molecule has 2 heterocycles. The Balaban J connectivity index is 2.34. The van der Waals surface area contributed by atoms with Gasteiger partial charge in [0.2, 0.25) is 11.7 Å². The van der Waals surface area contributed by atoms with Gasteiger partial charge in [0.15, 0.2) is 5.75 Å². The molecule has 2 rings (SSSR count). The number of aromatic nitrogens is 4. The molecule has 0 radical (unpaired) electrons. The van der Waals surface area contributed by atoms with Gasteiger partial charge < -0.3 is 10.2 Å². The van der Waals surface area contributed by atoms with E-state index in [-0.39, 0.29) is 17.4 Å². The van der Waals surface area contributed by atoms with E-state index in [9.17, 15) is 13.2 Å². The van der Waals surface area contributed by atoms with E-state index >= 15 is 0 Å². The van der Waals surface area contributed by atoms with Gasteiger partial charge >= 0.3 is 6.18 Å². The first kappa shape index (κ1) is 13.1. The Morgan fingerprint density at radius 2 is 2.11 bits per heavy atom. The van der Waals surface area contributed by atoms with Crippen LogP contribution in [0.2, 0.25) is 0 Å². The molecule has 0 atom stereocenters. The zero-order chi connectivity index (χ0) is 14.0. The van der Waals surface area contributed by atoms with Crippen molar-refractivity contribution in [3.63, 3.8) is 0 Å². The topological polar surface area (TPSA) is 90.9 Å². The van der Waals surface area contributed by atoms with Crippen LogP contribution in [-0.2, 0) is 13.2 Å². The maximum atomic E-state index is 12.6. The monoisotopic (exact) mass is 274 g/mol. The van der Waals surface area contributed by atoms with Crippen molar-refractivity contribution in [2.75, 3.05) is 5.43 Å². The van der Waals surface area contributed by atoms with Gasteiger partial charge in [-0.25, -0.2) is 10.8 Å². The first-order valence-corrected chi connectivity index (χ1v) is 4.98. The van der Waals surface area contributed by atoms with Gasteiger partial charge in [-0.15, -0.1) is 0 Å². The minimum absolute atomic E-state index is 0.207. The fourth-order valence-electron chi connectivity index (χ4n) is 1.25. The molecule has 2 aromatic rings. The number of nitrogens with one attached hydrogen (secondary N) is 1. The van der Waals surface area contributed by atoms with Gasteiger partial charge in [0, 0.05) is 13.1 Å². The van der Waals surface area contributed by atoms with Crippen LogP contribution in [0.15, 0.2) is 18.5 Å². The molecule has 0 bridgehead atoms. The highest BCUT2D eigenvalue weighted by molar-refractivity contribution is 5.38. The van der Waals surface area contributed by atoms with Gasteiger partial charge in [-0.05, 0) is 0 Å². The predicted octanol–water partition coefficient (Wildman–Crippen LogP) is 1.31. The molecule has 0 aliphatic carbocycles. The normalized spacial score (nSPS) is 11.4. The summed E-state index contributed by atoms with van der Waals surface area (Å²) >= 11 is 0. The summed E-state index contributed by atoms with van der Waals surface area (Å²) < 4.78 is 44.3. The molecule has 2 aromatic heterocycles. The number of nitrogens with zero attached hydrogens (tertiary/aromatic N) is 4. The molecular formula is C9H9F3N6O. The van der Waals surface area contributed by atoms with Crippen LogP contribution in [0, 0.1) is 0 Å². The van der Waals surface area contributed by atoms with Crippen molar-refractivity contribution in [2.24, 2.45) is 12.9 Å². The molecule has 7 nitrogen and oxygen atoms in total. The second-order valence-corrected chi connectivity index (χ2v) is 3.51. The lowest BCUT2D eigenvalue weighted by Crippen LogP contribution is -2.16. The lowest BCUT2D eigenvalue weighted by molar-refractivity contribution is -0.145. The van der Waals surface area contributed by atoms with Gasteiger partial charge in [-0.3, -0.25) is 4.68 Å². The molecule has 0 unspecified atom stereocenters. The standard InChI is InChI=1S/C9H9F3N6O/c1-18-4-5(3-14-18)19-7-2-6(17-13)15-8(16-7)9(10,11)12/h2-4H,13H2,1H3,(H,15,16,17). The van der Waals surface area contributed by atoms with Crippen molar-refractivity contribution < 1.29 is 17.9 Å². The number of aryl methyl sites for hydroxylation is 1. The largest absolute Gasteiger partial charge is 0.451 e. The Morgan fingerprint density at radius 1 is 1.37 bits per heavy atom.